The number of hydrogen-bond donors (Lipinski definition) is 5. The van der Waals surface area contributed by atoms with E-state index < -0.39 is 47.3 Å². The van der Waals surface area contributed by atoms with Crippen molar-refractivity contribution in [2.45, 2.75) is 75.9 Å². The Morgan fingerprint density at radius 3 is 2.50 bits per heavy atom. The molecule has 6 nitrogen and oxygen atoms in total. The van der Waals surface area contributed by atoms with Gasteiger partial charge in [-0.1, -0.05) is 13.8 Å². The first-order valence-corrected chi connectivity index (χ1v) is 11.3. The zero-order valence-corrected chi connectivity index (χ0v) is 17.0. The Labute approximate surface area is 166 Å². The topological polar surface area (TPSA) is 104 Å². The van der Waals surface area contributed by atoms with Crippen LogP contribution in [0.1, 0.15) is 46.0 Å². The van der Waals surface area contributed by atoms with Gasteiger partial charge in [0, 0.05) is 35.3 Å². The van der Waals surface area contributed by atoms with Gasteiger partial charge in [-0.15, -0.1) is 0 Å². The molecule has 12 atom stereocenters. The molecule has 7 bridgehead atoms. The second-order valence-corrected chi connectivity index (χ2v) is 11.4. The Balaban J connectivity index is 1.61. The lowest BCUT2D eigenvalue weighted by atomic mass is 9.37. The number of hydrogen-bond acceptors (Lipinski definition) is 6. The molecule has 0 amide bonds. The Morgan fingerprint density at radius 1 is 1.07 bits per heavy atom. The fourth-order valence-electron chi connectivity index (χ4n) is 10.5. The number of fused-ring (bicyclic) bond motifs is 2. The highest BCUT2D eigenvalue weighted by molar-refractivity contribution is 5.37. The Hall–Kier alpha value is -0.240. The van der Waals surface area contributed by atoms with E-state index in [-0.39, 0.29) is 23.3 Å². The van der Waals surface area contributed by atoms with Crippen LogP contribution in [-0.4, -0.2) is 80.1 Å². The van der Waals surface area contributed by atoms with E-state index in [1.54, 1.807) is 0 Å². The van der Waals surface area contributed by atoms with E-state index in [0.717, 1.165) is 38.8 Å². The molecule has 1 aliphatic heterocycles. The highest BCUT2D eigenvalue weighted by Gasteiger charge is 2.88. The Kier molecular flexibility index (Phi) is 3.40. The molecule has 7 rings (SSSR count). The van der Waals surface area contributed by atoms with Crippen molar-refractivity contribution in [3.63, 3.8) is 0 Å². The summed E-state index contributed by atoms with van der Waals surface area (Å²) < 4.78 is 0. The van der Waals surface area contributed by atoms with Crippen LogP contribution in [0.15, 0.2) is 0 Å². The average molecular weight is 394 g/mol. The van der Waals surface area contributed by atoms with E-state index in [1.165, 1.54) is 0 Å². The maximum atomic E-state index is 11.6. The van der Waals surface area contributed by atoms with Crippen LogP contribution in [0.4, 0.5) is 0 Å². The van der Waals surface area contributed by atoms with E-state index >= 15 is 0 Å². The minimum Gasteiger partial charge on any atom is -0.393 e. The fourth-order valence-corrected chi connectivity index (χ4v) is 10.5. The summed E-state index contributed by atoms with van der Waals surface area (Å²) in [5.41, 5.74) is -2.51. The van der Waals surface area contributed by atoms with Crippen LogP contribution in [0.25, 0.3) is 0 Å². The monoisotopic (exact) mass is 393 g/mol. The van der Waals surface area contributed by atoms with Crippen LogP contribution in [0.3, 0.4) is 0 Å². The lowest BCUT2D eigenvalue weighted by Gasteiger charge is -2.71. The molecule has 0 aromatic heterocycles. The average Bonchev–Trinajstić information content (AvgIpc) is 3.12. The summed E-state index contributed by atoms with van der Waals surface area (Å²) in [6, 6.07) is 0.153. The molecule has 7 fully saturated rings. The molecule has 0 radical (unpaired) electrons. The van der Waals surface area contributed by atoms with Crippen molar-refractivity contribution in [3.05, 3.63) is 0 Å². The van der Waals surface area contributed by atoms with E-state index in [4.69, 9.17) is 0 Å². The molecular weight excluding hydrogens is 358 g/mol. The first kappa shape index (κ1) is 18.5. The highest BCUT2D eigenvalue weighted by Crippen LogP contribution is 2.83. The van der Waals surface area contributed by atoms with Crippen LogP contribution in [0.2, 0.25) is 0 Å². The lowest BCUT2D eigenvalue weighted by molar-refractivity contribution is -0.329. The molecule has 1 unspecified atom stereocenters. The van der Waals surface area contributed by atoms with Crippen LogP contribution in [0.5, 0.6) is 0 Å². The van der Waals surface area contributed by atoms with Gasteiger partial charge in [-0.2, -0.15) is 0 Å². The second-order valence-electron chi connectivity index (χ2n) is 11.4. The summed E-state index contributed by atoms with van der Waals surface area (Å²) in [6.45, 7) is 5.95. The maximum Gasteiger partial charge on any atom is 0.119 e. The van der Waals surface area contributed by atoms with Crippen LogP contribution in [0, 0.1) is 39.9 Å². The predicted octanol–water partition coefficient (Wildman–Crippen LogP) is -0.0410. The first-order valence-electron chi connectivity index (χ1n) is 11.3. The normalized spacial score (nSPS) is 67.0. The van der Waals surface area contributed by atoms with Crippen molar-refractivity contribution >= 4 is 0 Å². The van der Waals surface area contributed by atoms with Gasteiger partial charge in [0.25, 0.3) is 0 Å². The molecule has 7 aliphatic rings. The summed E-state index contributed by atoms with van der Waals surface area (Å²) in [7, 11) is 0. The zero-order valence-electron chi connectivity index (χ0n) is 17.0. The molecule has 6 aliphatic carbocycles. The third-order valence-corrected chi connectivity index (χ3v) is 11.1. The molecule has 158 valence electrons. The van der Waals surface area contributed by atoms with Gasteiger partial charge in [-0.3, -0.25) is 4.90 Å². The fraction of sp³-hybridized carbons (Fsp3) is 1.00. The molecular formula is C22H35NO5. The van der Waals surface area contributed by atoms with Gasteiger partial charge >= 0.3 is 0 Å². The third kappa shape index (κ3) is 1.53. The summed E-state index contributed by atoms with van der Waals surface area (Å²) in [4.78, 5) is 2.52. The van der Waals surface area contributed by atoms with Crippen LogP contribution in [-0.2, 0) is 0 Å². The maximum absolute atomic E-state index is 11.6. The Bertz CT molecular complexity index is 719. The number of nitrogens with zero attached hydrogens (tertiary/aromatic N) is 1. The number of aliphatic hydroxyl groups is 5. The predicted molar refractivity (Wildman–Crippen MR) is 101 cm³/mol. The molecule has 1 heterocycles. The van der Waals surface area contributed by atoms with E-state index in [9.17, 15) is 25.5 Å². The van der Waals surface area contributed by atoms with Gasteiger partial charge in [0.2, 0.25) is 0 Å². The van der Waals surface area contributed by atoms with Crippen molar-refractivity contribution in [2.75, 3.05) is 19.7 Å². The smallest absolute Gasteiger partial charge is 0.119 e. The van der Waals surface area contributed by atoms with Crippen molar-refractivity contribution < 1.29 is 25.5 Å². The number of rotatable bonds is 2. The lowest BCUT2D eigenvalue weighted by Crippen LogP contribution is -2.78. The minimum absolute atomic E-state index is 0.136. The van der Waals surface area contributed by atoms with Crippen molar-refractivity contribution in [3.8, 4) is 0 Å². The van der Waals surface area contributed by atoms with Gasteiger partial charge in [0.15, 0.2) is 0 Å². The molecule has 2 spiro atoms. The molecule has 6 heteroatoms. The number of piperidine rings is 1. The van der Waals surface area contributed by atoms with E-state index in [0.29, 0.717) is 12.3 Å². The van der Waals surface area contributed by atoms with Gasteiger partial charge in [-0.25, -0.2) is 0 Å². The van der Waals surface area contributed by atoms with Crippen LogP contribution < -0.4 is 0 Å². The zero-order chi connectivity index (χ0) is 19.9. The SMILES string of the molecule is CCN1C[C@]2(C)CC[C@H](O)[C@@]34C2C[C@@H]([C@@H]13)[C@@]12CC[C@@H]([C@H](O)[C@H]14)[C@@](O)(CO)[C@H]2O. The molecule has 1 saturated heterocycles. The minimum atomic E-state index is -1.64. The summed E-state index contributed by atoms with van der Waals surface area (Å²) in [5.74, 6) is -0.204. The highest BCUT2D eigenvalue weighted by atomic mass is 16.4. The molecule has 5 N–H and O–H groups in total. The van der Waals surface area contributed by atoms with Gasteiger partial charge < -0.3 is 25.5 Å². The van der Waals surface area contributed by atoms with Gasteiger partial charge in [0.1, 0.15) is 5.60 Å². The van der Waals surface area contributed by atoms with Crippen LogP contribution >= 0.6 is 0 Å². The summed E-state index contributed by atoms with van der Waals surface area (Å²) in [6.07, 6.45) is 1.86. The first-order chi connectivity index (χ1) is 13.2. The van der Waals surface area contributed by atoms with Crippen molar-refractivity contribution in [1.82, 2.24) is 4.90 Å². The van der Waals surface area contributed by atoms with Crippen molar-refractivity contribution in [1.29, 1.82) is 0 Å². The van der Waals surface area contributed by atoms with E-state index in [2.05, 4.69) is 18.7 Å². The molecule has 28 heavy (non-hydrogen) atoms. The summed E-state index contributed by atoms with van der Waals surface area (Å²) in [5, 5.41) is 55.9. The second kappa shape index (κ2) is 5.14. The number of aliphatic hydroxyl groups excluding tert-OH is 4. The Morgan fingerprint density at radius 2 is 1.82 bits per heavy atom. The van der Waals surface area contributed by atoms with Crippen molar-refractivity contribution in [2.24, 2.45) is 39.9 Å². The molecule has 6 saturated carbocycles. The third-order valence-electron chi connectivity index (χ3n) is 11.1. The number of likely N-dealkylation sites (tertiary alicyclic amines) is 1. The quantitative estimate of drug-likeness (QED) is 0.451. The standard InChI is InChI=1S/C22H35NO5/c1-3-23-9-19(2)6-5-14(25)22-13(19)8-12(17(22)23)20-7-4-11(15(26)16(20)22)21(28,10-24)18(20)27/h11-18,24-28H,3-10H2,1-2H3/t11-,12-,13?,14-,15-,16+,17+,18-,19-,20-,21-,22+/m0/s1. The summed E-state index contributed by atoms with van der Waals surface area (Å²) >= 11 is 0. The van der Waals surface area contributed by atoms with Gasteiger partial charge in [-0.05, 0) is 55.9 Å². The molecule has 0 aromatic carbocycles. The van der Waals surface area contributed by atoms with Gasteiger partial charge in [0.05, 0.1) is 24.9 Å². The largest absolute Gasteiger partial charge is 0.393 e. The van der Waals surface area contributed by atoms with E-state index in [1.807, 2.05) is 0 Å². The molecule has 0 aromatic rings.